The van der Waals surface area contributed by atoms with Crippen molar-refractivity contribution in [2.24, 2.45) is 0 Å². The molecule has 0 aromatic heterocycles. The molecule has 0 unspecified atom stereocenters. The molecule has 1 fully saturated rings. The number of ether oxygens (including phenoxy) is 1. The zero-order chi connectivity index (χ0) is 13.2. The summed E-state index contributed by atoms with van der Waals surface area (Å²) in [4.78, 5) is 8.08. The van der Waals surface area contributed by atoms with Crippen LogP contribution in [-0.2, 0) is 23.1 Å². The second-order valence-electron chi connectivity index (χ2n) is 3.38. The van der Waals surface area contributed by atoms with Gasteiger partial charge in [-0.25, -0.2) is 9.78 Å². The minimum atomic E-state index is -0.113. The summed E-state index contributed by atoms with van der Waals surface area (Å²) in [6.07, 6.45) is 2.77. The molecule has 0 bridgehead atoms. The Kier molecular flexibility index (Phi) is 25.8. The van der Waals surface area contributed by atoms with Crippen molar-refractivity contribution in [2.75, 3.05) is 35.0 Å². The average molecular weight is 317 g/mol. The lowest BCUT2D eigenvalue weighted by molar-refractivity contribution is -0.248. The van der Waals surface area contributed by atoms with Crippen molar-refractivity contribution in [2.45, 2.75) is 18.9 Å². The lowest BCUT2D eigenvalue weighted by atomic mass is 10.4. The molecule has 0 aromatic rings. The van der Waals surface area contributed by atoms with Gasteiger partial charge in [-0.1, -0.05) is 12.5 Å². The molecule has 1 rings (SSSR count). The van der Waals surface area contributed by atoms with Crippen molar-refractivity contribution in [3.05, 3.63) is 0 Å². The summed E-state index contributed by atoms with van der Waals surface area (Å²) in [7, 11) is 6.38. The number of methoxy groups -OCH3 is 1. The molecular weight excluding hydrogens is 288 g/mol. The van der Waals surface area contributed by atoms with Crippen LogP contribution in [0.2, 0.25) is 6.04 Å². The molecule has 0 radical (unpaired) electrons. The van der Waals surface area contributed by atoms with Gasteiger partial charge in [0.1, 0.15) is 9.28 Å². The van der Waals surface area contributed by atoms with Gasteiger partial charge in [0.05, 0.1) is 14.2 Å². The molecule has 0 aromatic carbocycles. The van der Waals surface area contributed by atoms with E-state index in [2.05, 4.69) is 14.5 Å². The molecule has 1 saturated heterocycles. The quantitative estimate of drug-likeness (QED) is 0.316. The summed E-state index contributed by atoms with van der Waals surface area (Å²) in [5.74, 6) is 0. The first-order valence-corrected chi connectivity index (χ1v) is 16.7. The molecule has 0 saturated carbocycles. The number of hydrogen-bond acceptors (Lipinski definition) is 5. The van der Waals surface area contributed by atoms with Crippen LogP contribution >= 0.6 is 0 Å². The molecule has 0 spiro atoms. The second-order valence-corrected chi connectivity index (χ2v) is 13.9. The van der Waals surface area contributed by atoms with Crippen LogP contribution in [0.15, 0.2) is 0 Å². The highest BCUT2D eigenvalue weighted by Gasteiger charge is 1.97. The van der Waals surface area contributed by atoms with Crippen LogP contribution in [0.3, 0.4) is 0 Å². The number of rotatable bonds is 1. The van der Waals surface area contributed by atoms with Crippen LogP contribution in [0, 0.1) is 0 Å². The molecule has 1 heterocycles. The Morgan fingerprint density at radius 2 is 1.53 bits per heavy atom. The average Bonchev–Trinajstić information content (AvgIpc) is 2.38. The predicted octanol–water partition coefficient (Wildman–Crippen LogP) is -2.06. The first-order valence-electron chi connectivity index (χ1n) is 5.95. The first kappa shape index (κ1) is 20.0. The van der Waals surface area contributed by atoms with Crippen molar-refractivity contribution < 1.29 is 23.1 Å². The van der Waals surface area contributed by atoms with E-state index in [1.165, 1.54) is 33.1 Å². The SMILES string of the molecule is C1CC[SiH2][SiH2]O[SiH2][SiH2]OC1.COC.COOC. The van der Waals surface area contributed by atoms with E-state index in [0.717, 1.165) is 6.61 Å². The summed E-state index contributed by atoms with van der Waals surface area (Å²) >= 11 is 0. The molecule has 0 amide bonds. The van der Waals surface area contributed by atoms with Gasteiger partial charge in [-0.05, 0) is 6.42 Å². The number of hydrogen-bond donors (Lipinski definition) is 0. The van der Waals surface area contributed by atoms with Crippen molar-refractivity contribution >= 4 is 36.9 Å². The molecule has 9 heteroatoms. The molecular formula is C8H28O5Si4. The summed E-state index contributed by atoms with van der Waals surface area (Å²) < 4.78 is 15.5. The van der Waals surface area contributed by atoms with E-state index in [1.54, 1.807) is 14.2 Å². The maximum Gasteiger partial charge on any atom is 0.173 e. The van der Waals surface area contributed by atoms with Crippen molar-refractivity contribution in [3.63, 3.8) is 0 Å². The Labute approximate surface area is 114 Å². The van der Waals surface area contributed by atoms with E-state index in [1.807, 2.05) is 0 Å². The summed E-state index contributed by atoms with van der Waals surface area (Å²) in [5.41, 5.74) is 0. The van der Waals surface area contributed by atoms with Gasteiger partial charge in [0.2, 0.25) is 0 Å². The fraction of sp³-hybridized carbons (Fsp3) is 1.00. The monoisotopic (exact) mass is 316 g/mol. The summed E-state index contributed by atoms with van der Waals surface area (Å²) in [5, 5.41) is 0. The Hall–Kier alpha value is 0.668. The summed E-state index contributed by atoms with van der Waals surface area (Å²) in [6, 6.07) is 1.53. The third-order valence-electron chi connectivity index (χ3n) is 1.87. The highest BCUT2D eigenvalue weighted by molar-refractivity contribution is 7.03. The lowest BCUT2D eigenvalue weighted by Gasteiger charge is -2.07. The van der Waals surface area contributed by atoms with E-state index in [9.17, 15) is 0 Å². The molecule has 0 atom stereocenters. The minimum absolute atomic E-state index is 0.0692. The third kappa shape index (κ3) is 26.3. The van der Waals surface area contributed by atoms with Gasteiger partial charge in [-0.2, -0.15) is 0 Å². The van der Waals surface area contributed by atoms with Gasteiger partial charge in [0, 0.05) is 29.9 Å². The molecule has 5 nitrogen and oxygen atoms in total. The normalized spacial score (nSPS) is 22.6. The highest BCUT2D eigenvalue weighted by Crippen LogP contribution is 1.95. The van der Waals surface area contributed by atoms with Gasteiger partial charge in [-0.3, -0.25) is 0 Å². The zero-order valence-corrected chi connectivity index (χ0v) is 17.4. The Bertz CT molecular complexity index is 86.9. The van der Waals surface area contributed by atoms with Gasteiger partial charge >= 0.3 is 0 Å². The van der Waals surface area contributed by atoms with Crippen LogP contribution in [0.1, 0.15) is 12.8 Å². The predicted molar refractivity (Wildman–Crippen MR) is 82.2 cm³/mol. The minimum Gasteiger partial charge on any atom is -0.468 e. The Morgan fingerprint density at radius 3 is 2.12 bits per heavy atom. The topological polar surface area (TPSA) is 46.2 Å². The first-order chi connectivity index (χ1) is 8.33. The fourth-order valence-corrected chi connectivity index (χ4v) is 17.5. The smallest absolute Gasteiger partial charge is 0.173 e. The van der Waals surface area contributed by atoms with Gasteiger partial charge in [-0.15, -0.1) is 0 Å². The summed E-state index contributed by atoms with van der Waals surface area (Å²) in [6.45, 7) is 1.05. The molecule has 0 N–H and O–H groups in total. The van der Waals surface area contributed by atoms with Gasteiger partial charge < -0.3 is 13.3 Å². The third-order valence-corrected chi connectivity index (χ3v) is 15.1. The second kappa shape index (κ2) is 21.9. The van der Waals surface area contributed by atoms with E-state index >= 15 is 0 Å². The Balaban J connectivity index is 0. The fourth-order valence-electron chi connectivity index (χ4n) is 1.08. The van der Waals surface area contributed by atoms with Crippen LogP contribution in [0.5, 0.6) is 0 Å². The maximum atomic E-state index is 5.69. The van der Waals surface area contributed by atoms with Crippen LogP contribution in [-0.4, -0.2) is 71.9 Å². The molecule has 0 aliphatic carbocycles. The zero-order valence-electron chi connectivity index (χ0n) is 11.7. The van der Waals surface area contributed by atoms with Crippen LogP contribution in [0.4, 0.5) is 0 Å². The van der Waals surface area contributed by atoms with E-state index < -0.39 is 0 Å². The highest BCUT2D eigenvalue weighted by atomic mass is 29.2. The molecule has 1 aliphatic heterocycles. The molecule has 1 aliphatic rings. The maximum absolute atomic E-state index is 5.69. The van der Waals surface area contributed by atoms with Crippen LogP contribution in [0.25, 0.3) is 0 Å². The molecule has 106 valence electrons. The molecule has 17 heavy (non-hydrogen) atoms. The van der Waals surface area contributed by atoms with Crippen molar-refractivity contribution in [3.8, 4) is 0 Å². The van der Waals surface area contributed by atoms with E-state index in [4.69, 9.17) is 8.54 Å². The standard InChI is InChI=1S/C4H16O2Si4.C2H6O2.C2H6O/c1-2-4-7-9-6-10-8-5-3-1;1-3-4-2;1-3-2/h1-4,7-10H2;1-2H3;1-2H3. The van der Waals surface area contributed by atoms with Gasteiger partial charge in [0.15, 0.2) is 18.6 Å². The largest absolute Gasteiger partial charge is 0.468 e. The Morgan fingerprint density at radius 1 is 0.882 bits per heavy atom. The van der Waals surface area contributed by atoms with Crippen LogP contribution < -0.4 is 0 Å². The van der Waals surface area contributed by atoms with E-state index in [-0.39, 0.29) is 27.8 Å². The van der Waals surface area contributed by atoms with Gasteiger partial charge in [0.25, 0.3) is 0 Å². The van der Waals surface area contributed by atoms with E-state index in [0.29, 0.717) is 9.04 Å². The van der Waals surface area contributed by atoms with Crippen molar-refractivity contribution in [1.82, 2.24) is 0 Å². The van der Waals surface area contributed by atoms with Crippen molar-refractivity contribution in [1.29, 1.82) is 0 Å². The lowest BCUT2D eigenvalue weighted by Crippen LogP contribution is -2.20.